The van der Waals surface area contributed by atoms with Crippen LogP contribution in [0.25, 0.3) is 11.0 Å². The van der Waals surface area contributed by atoms with Gasteiger partial charge in [0.05, 0.1) is 5.52 Å². The van der Waals surface area contributed by atoms with E-state index in [1.807, 2.05) is 0 Å². The molecule has 0 bridgehead atoms. The van der Waals surface area contributed by atoms with E-state index < -0.39 is 5.97 Å². The van der Waals surface area contributed by atoms with Gasteiger partial charge in [-0.3, -0.25) is 0 Å². The van der Waals surface area contributed by atoms with Crippen molar-refractivity contribution < 1.29 is 14.7 Å². The van der Waals surface area contributed by atoms with E-state index in [0.717, 1.165) is 0 Å². The first-order valence-electron chi connectivity index (χ1n) is 4.02. The van der Waals surface area contributed by atoms with Gasteiger partial charge in [0.15, 0.2) is 0 Å². The average molecular weight is 192 g/mol. The van der Waals surface area contributed by atoms with Crippen LogP contribution in [0.4, 0.5) is 0 Å². The maximum absolute atomic E-state index is 10.7. The van der Waals surface area contributed by atoms with E-state index in [9.17, 15) is 9.90 Å². The Balaban J connectivity index is 2.55. The summed E-state index contributed by atoms with van der Waals surface area (Å²) in [4.78, 5) is 19.5. The molecule has 0 saturated carbocycles. The highest BCUT2D eigenvalue weighted by Gasteiger charge is 2.05. The molecule has 0 spiro atoms. The van der Waals surface area contributed by atoms with Gasteiger partial charge in [-0.1, -0.05) is 0 Å². The van der Waals surface area contributed by atoms with Crippen LogP contribution < -0.4 is 4.84 Å². The molecule has 2 rings (SSSR count). The molecule has 0 saturated heterocycles. The fourth-order valence-electron chi connectivity index (χ4n) is 1.19. The molecule has 0 amide bonds. The van der Waals surface area contributed by atoms with Gasteiger partial charge in [0.1, 0.15) is 17.6 Å². The highest BCUT2D eigenvalue weighted by atomic mass is 16.7. The lowest BCUT2D eigenvalue weighted by atomic mass is 10.3. The zero-order chi connectivity index (χ0) is 10.1. The summed E-state index contributed by atoms with van der Waals surface area (Å²) in [6, 6.07) is 4.64. The zero-order valence-electron chi connectivity index (χ0n) is 7.47. The van der Waals surface area contributed by atoms with Crippen molar-refractivity contribution in [2.24, 2.45) is 0 Å². The van der Waals surface area contributed by atoms with Crippen molar-refractivity contribution in [2.75, 3.05) is 0 Å². The number of phenols is 1. The molecule has 0 aliphatic rings. The second-order valence-corrected chi connectivity index (χ2v) is 2.83. The first-order valence-corrected chi connectivity index (χ1v) is 4.02. The fraction of sp³-hybridized carbons (Fsp3) is 0.111. The topological polar surface area (TPSA) is 64.4 Å². The number of imidazole rings is 1. The van der Waals surface area contributed by atoms with Crippen LogP contribution in [0.2, 0.25) is 0 Å². The van der Waals surface area contributed by atoms with Crippen LogP contribution >= 0.6 is 0 Å². The number of hydrogen-bond acceptors (Lipinski definition) is 4. The van der Waals surface area contributed by atoms with E-state index in [1.165, 1.54) is 30.1 Å². The van der Waals surface area contributed by atoms with Gasteiger partial charge in [-0.2, -0.15) is 4.73 Å². The lowest BCUT2D eigenvalue weighted by Crippen LogP contribution is -2.14. The standard InChI is InChI=1S/C9H8N2O3/c1-6(12)14-11-5-10-8-3-2-7(13)4-9(8)11/h2-5,13H,1H3. The van der Waals surface area contributed by atoms with Gasteiger partial charge in [0.25, 0.3) is 0 Å². The number of rotatable bonds is 1. The number of carbonyl (C=O) groups excluding carboxylic acids is 1. The van der Waals surface area contributed by atoms with Gasteiger partial charge in [-0.15, -0.1) is 0 Å². The molecule has 0 unspecified atom stereocenters. The molecule has 14 heavy (non-hydrogen) atoms. The minimum Gasteiger partial charge on any atom is -0.508 e. The van der Waals surface area contributed by atoms with Crippen LogP contribution in [-0.4, -0.2) is 20.8 Å². The predicted molar refractivity (Wildman–Crippen MR) is 48.7 cm³/mol. The molecule has 72 valence electrons. The molecular formula is C9H8N2O3. The van der Waals surface area contributed by atoms with Crippen LogP contribution in [0, 0.1) is 0 Å². The van der Waals surface area contributed by atoms with Gasteiger partial charge in [0, 0.05) is 13.0 Å². The number of carbonyl (C=O) groups is 1. The minimum absolute atomic E-state index is 0.103. The number of aromatic nitrogens is 2. The van der Waals surface area contributed by atoms with Crippen molar-refractivity contribution in [3.8, 4) is 5.75 Å². The molecule has 1 aromatic heterocycles. The summed E-state index contributed by atoms with van der Waals surface area (Å²) in [5.41, 5.74) is 1.21. The van der Waals surface area contributed by atoms with Gasteiger partial charge < -0.3 is 9.94 Å². The summed E-state index contributed by atoms with van der Waals surface area (Å²) in [6.07, 6.45) is 1.38. The van der Waals surface area contributed by atoms with E-state index in [-0.39, 0.29) is 5.75 Å². The molecule has 1 aromatic carbocycles. The highest BCUT2D eigenvalue weighted by molar-refractivity contribution is 5.77. The second-order valence-electron chi connectivity index (χ2n) is 2.83. The molecule has 1 heterocycles. The van der Waals surface area contributed by atoms with Gasteiger partial charge in [-0.05, 0) is 12.1 Å². The SMILES string of the molecule is CC(=O)On1cnc2ccc(O)cc21. The quantitative estimate of drug-likeness (QED) is 0.722. The largest absolute Gasteiger partial charge is 0.508 e. The van der Waals surface area contributed by atoms with Crippen LogP contribution in [0.5, 0.6) is 5.75 Å². The minimum atomic E-state index is -0.437. The molecular weight excluding hydrogens is 184 g/mol. The van der Waals surface area contributed by atoms with Crippen molar-refractivity contribution >= 4 is 17.0 Å². The van der Waals surface area contributed by atoms with E-state index in [4.69, 9.17) is 4.84 Å². The normalized spacial score (nSPS) is 10.4. The molecule has 1 N–H and O–H groups in total. The number of benzene rings is 1. The van der Waals surface area contributed by atoms with E-state index in [1.54, 1.807) is 6.07 Å². The van der Waals surface area contributed by atoms with Crippen molar-refractivity contribution in [3.05, 3.63) is 24.5 Å². The lowest BCUT2D eigenvalue weighted by molar-refractivity contribution is -0.141. The summed E-state index contributed by atoms with van der Waals surface area (Å²) in [7, 11) is 0. The number of aromatic hydroxyl groups is 1. The molecule has 0 fully saturated rings. The summed E-state index contributed by atoms with van der Waals surface area (Å²) >= 11 is 0. The predicted octanol–water partition coefficient (Wildman–Crippen LogP) is 0.717. The summed E-state index contributed by atoms with van der Waals surface area (Å²) in [5, 5.41) is 9.23. The van der Waals surface area contributed by atoms with Gasteiger partial charge in [0.2, 0.25) is 0 Å². The number of fused-ring (bicyclic) bond motifs is 1. The van der Waals surface area contributed by atoms with E-state index in [0.29, 0.717) is 11.0 Å². The molecule has 5 heteroatoms. The first kappa shape index (κ1) is 8.55. The van der Waals surface area contributed by atoms with E-state index >= 15 is 0 Å². The van der Waals surface area contributed by atoms with Crippen molar-refractivity contribution in [1.29, 1.82) is 0 Å². The average Bonchev–Trinajstić information content (AvgIpc) is 2.47. The monoisotopic (exact) mass is 192 g/mol. The molecule has 0 atom stereocenters. The van der Waals surface area contributed by atoms with Gasteiger partial charge in [-0.25, -0.2) is 9.78 Å². The highest BCUT2D eigenvalue weighted by Crippen LogP contribution is 2.17. The molecule has 0 radical (unpaired) electrons. The maximum Gasteiger partial charge on any atom is 0.329 e. The van der Waals surface area contributed by atoms with E-state index in [2.05, 4.69) is 4.98 Å². The molecule has 5 nitrogen and oxygen atoms in total. The van der Waals surface area contributed by atoms with Crippen molar-refractivity contribution in [1.82, 2.24) is 9.71 Å². The maximum atomic E-state index is 10.7. The summed E-state index contributed by atoms with van der Waals surface area (Å²) < 4.78 is 1.22. The van der Waals surface area contributed by atoms with Crippen molar-refractivity contribution in [3.63, 3.8) is 0 Å². The van der Waals surface area contributed by atoms with Crippen LogP contribution in [-0.2, 0) is 4.79 Å². The summed E-state index contributed by atoms with van der Waals surface area (Å²) in [5.74, 6) is -0.334. The van der Waals surface area contributed by atoms with Gasteiger partial charge >= 0.3 is 5.97 Å². The number of nitrogens with zero attached hydrogens (tertiary/aromatic N) is 2. The Labute approximate surface area is 79.5 Å². The third-order valence-corrected chi connectivity index (χ3v) is 1.73. The van der Waals surface area contributed by atoms with Crippen LogP contribution in [0.3, 0.4) is 0 Å². The fourth-order valence-corrected chi connectivity index (χ4v) is 1.19. The Morgan fingerprint density at radius 3 is 3.07 bits per heavy atom. The molecule has 0 aliphatic carbocycles. The lowest BCUT2D eigenvalue weighted by Gasteiger charge is -2.01. The second kappa shape index (κ2) is 3.02. The van der Waals surface area contributed by atoms with Crippen LogP contribution in [0.15, 0.2) is 24.5 Å². The third kappa shape index (κ3) is 1.39. The smallest absolute Gasteiger partial charge is 0.329 e. The Morgan fingerprint density at radius 1 is 1.57 bits per heavy atom. The van der Waals surface area contributed by atoms with Crippen molar-refractivity contribution in [2.45, 2.75) is 6.92 Å². The molecule has 0 aliphatic heterocycles. The zero-order valence-corrected chi connectivity index (χ0v) is 7.47. The third-order valence-electron chi connectivity index (χ3n) is 1.73. The molecule has 2 aromatic rings. The first-order chi connectivity index (χ1) is 6.66. The Morgan fingerprint density at radius 2 is 2.36 bits per heavy atom. The Kier molecular flexibility index (Phi) is 1.85. The summed E-state index contributed by atoms with van der Waals surface area (Å²) in [6.45, 7) is 1.30. The van der Waals surface area contributed by atoms with Crippen LogP contribution in [0.1, 0.15) is 6.92 Å². The number of hydrogen-bond donors (Lipinski definition) is 1. The Bertz CT molecular complexity index is 490. The number of phenolic OH excluding ortho intramolecular Hbond substituents is 1. The Hall–Kier alpha value is -2.04.